The van der Waals surface area contributed by atoms with E-state index in [-0.39, 0.29) is 0 Å². The molecule has 0 spiro atoms. The Hall–Kier alpha value is -0.410. The van der Waals surface area contributed by atoms with Crippen LogP contribution < -0.4 is 5.32 Å². The minimum Gasteiger partial charge on any atom is -0.316 e. The van der Waals surface area contributed by atoms with Gasteiger partial charge in [0.1, 0.15) is 5.78 Å². The summed E-state index contributed by atoms with van der Waals surface area (Å²) in [6, 6.07) is 0. The van der Waals surface area contributed by atoms with Crippen LogP contribution in [0.25, 0.3) is 0 Å². The maximum atomic E-state index is 11.0. The van der Waals surface area contributed by atoms with Crippen molar-refractivity contribution >= 4 is 5.78 Å². The van der Waals surface area contributed by atoms with Crippen molar-refractivity contribution in [2.24, 2.45) is 5.92 Å². The van der Waals surface area contributed by atoms with Gasteiger partial charge in [0.25, 0.3) is 0 Å². The first kappa shape index (κ1) is 8.20. The number of likely N-dealkylation sites (tertiary alicyclic amines) is 1. The first-order valence-corrected chi connectivity index (χ1v) is 4.79. The Morgan fingerprint density at radius 2 is 2.50 bits per heavy atom. The third-order valence-electron chi connectivity index (χ3n) is 2.79. The Bertz CT molecular complexity index is 175. The Kier molecular flexibility index (Phi) is 2.42. The van der Waals surface area contributed by atoms with Crippen molar-refractivity contribution in [3.63, 3.8) is 0 Å². The van der Waals surface area contributed by atoms with E-state index in [9.17, 15) is 4.79 Å². The third kappa shape index (κ3) is 1.84. The van der Waals surface area contributed by atoms with Crippen LogP contribution in [0.4, 0.5) is 0 Å². The maximum Gasteiger partial charge on any atom is 0.148 e. The number of Topliss-reactive ketones (excluding diaryl/α,β-unsaturated/α-hetero) is 1. The molecular weight excluding hydrogens is 152 g/mol. The van der Waals surface area contributed by atoms with E-state index in [2.05, 4.69) is 10.2 Å². The van der Waals surface area contributed by atoms with Crippen molar-refractivity contribution in [3.8, 4) is 0 Å². The number of carbonyl (C=O) groups excluding carboxylic acids is 1. The lowest BCUT2D eigenvalue weighted by Gasteiger charge is -2.17. The van der Waals surface area contributed by atoms with Gasteiger partial charge in [0.05, 0.1) is 6.54 Å². The van der Waals surface area contributed by atoms with Gasteiger partial charge < -0.3 is 5.32 Å². The molecular formula is C9H16N2O. The molecule has 1 unspecified atom stereocenters. The number of ketones is 1. The monoisotopic (exact) mass is 168 g/mol. The summed E-state index contributed by atoms with van der Waals surface area (Å²) in [7, 11) is 0. The molecule has 2 fully saturated rings. The van der Waals surface area contributed by atoms with Gasteiger partial charge in [-0.3, -0.25) is 9.69 Å². The van der Waals surface area contributed by atoms with Gasteiger partial charge in [0, 0.05) is 19.5 Å². The SMILES string of the molecule is O=C1CCN(CC2CCNC2)C1. The van der Waals surface area contributed by atoms with Crippen LogP contribution in [0.5, 0.6) is 0 Å². The number of hydrogen-bond acceptors (Lipinski definition) is 3. The van der Waals surface area contributed by atoms with Gasteiger partial charge in [0.15, 0.2) is 0 Å². The van der Waals surface area contributed by atoms with Crippen molar-refractivity contribution < 1.29 is 4.79 Å². The topological polar surface area (TPSA) is 32.3 Å². The minimum absolute atomic E-state index is 0.418. The molecule has 2 saturated heterocycles. The first-order valence-electron chi connectivity index (χ1n) is 4.79. The maximum absolute atomic E-state index is 11.0. The van der Waals surface area contributed by atoms with E-state index >= 15 is 0 Å². The largest absolute Gasteiger partial charge is 0.316 e. The summed E-state index contributed by atoms with van der Waals surface area (Å²) in [6.07, 6.45) is 2.06. The Labute approximate surface area is 73.1 Å². The van der Waals surface area contributed by atoms with E-state index in [0.717, 1.165) is 38.5 Å². The lowest BCUT2D eigenvalue weighted by atomic mass is 10.1. The highest BCUT2D eigenvalue weighted by Crippen LogP contribution is 2.12. The summed E-state index contributed by atoms with van der Waals surface area (Å²) in [6.45, 7) is 5.13. The zero-order valence-corrected chi connectivity index (χ0v) is 7.38. The van der Waals surface area contributed by atoms with Gasteiger partial charge >= 0.3 is 0 Å². The second-order valence-electron chi connectivity index (χ2n) is 3.88. The van der Waals surface area contributed by atoms with E-state index in [1.807, 2.05) is 0 Å². The Balaban J connectivity index is 1.75. The molecule has 0 saturated carbocycles. The standard InChI is InChI=1S/C9H16N2O/c12-9-2-4-11(7-9)6-8-1-3-10-5-8/h8,10H,1-7H2. The van der Waals surface area contributed by atoms with Gasteiger partial charge in [-0.15, -0.1) is 0 Å². The van der Waals surface area contributed by atoms with E-state index in [1.165, 1.54) is 6.42 Å². The summed E-state index contributed by atoms with van der Waals surface area (Å²) in [5.74, 6) is 1.21. The molecule has 0 radical (unpaired) electrons. The summed E-state index contributed by atoms with van der Waals surface area (Å²) < 4.78 is 0. The molecule has 2 rings (SSSR count). The van der Waals surface area contributed by atoms with Crippen LogP contribution in [-0.2, 0) is 4.79 Å². The molecule has 0 aromatic carbocycles. The second-order valence-corrected chi connectivity index (χ2v) is 3.88. The van der Waals surface area contributed by atoms with E-state index in [1.54, 1.807) is 0 Å². The smallest absolute Gasteiger partial charge is 0.148 e. The summed E-state index contributed by atoms with van der Waals surface area (Å²) in [5.41, 5.74) is 0. The number of carbonyl (C=O) groups is 1. The van der Waals surface area contributed by atoms with Crippen molar-refractivity contribution in [3.05, 3.63) is 0 Å². The van der Waals surface area contributed by atoms with Crippen LogP contribution in [0.15, 0.2) is 0 Å². The predicted octanol–water partition coefficient (Wildman–Crippen LogP) is -0.129. The normalized spacial score (nSPS) is 31.7. The van der Waals surface area contributed by atoms with E-state index in [4.69, 9.17) is 0 Å². The number of nitrogens with zero attached hydrogens (tertiary/aromatic N) is 1. The average Bonchev–Trinajstić information content (AvgIpc) is 2.63. The molecule has 2 heterocycles. The van der Waals surface area contributed by atoms with E-state index < -0.39 is 0 Å². The molecule has 0 aliphatic carbocycles. The van der Waals surface area contributed by atoms with Crippen molar-refractivity contribution in [2.75, 3.05) is 32.7 Å². The van der Waals surface area contributed by atoms with Crippen LogP contribution in [0.1, 0.15) is 12.8 Å². The fourth-order valence-corrected chi connectivity index (χ4v) is 2.08. The lowest BCUT2D eigenvalue weighted by molar-refractivity contribution is -0.116. The molecule has 2 aliphatic rings. The molecule has 12 heavy (non-hydrogen) atoms. The molecule has 1 N–H and O–H groups in total. The lowest BCUT2D eigenvalue weighted by Crippen LogP contribution is -2.28. The van der Waals surface area contributed by atoms with Gasteiger partial charge in [-0.05, 0) is 25.4 Å². The molecule has 0 aromatic rings. The molecule has 0 bridgehead atoms. The molecule has 0 amide bonds. The first-order chi connectivity index (χ1) is 5.84. The van der Waals surface area contributed by atoms with Gasteiger partial charge in [0.2, 0.25) is 0 Å². The summed E-state index contributed by atoms with van der Waals surface area (Å²) >= 11 is 0. The Morgan fingerprint density at radius 1 is 1.58 bits per heavy atom. The van der Waals surface area contributed by atoms with Crippen LogP contribution >= 0.6 is 0 Å². The minimum atomic E-state index is 0.418. The average molecular weight is 168 g/mol. The molecule has 2 aliphatic heterocycles. The fraction of sp³-hybridized carbons (Fsp3) is 0.889. The molecule has 68 valence electrons. The third-order valence-corrected chi connectivity index (χ3v) is 2.79. The molecule has 3 heteroatoms. The van der Waals surface area contributed by atoms with Crippen LogP contribution in [0.2, 0.25) is 0 Å². The van der Waals surface area contributed by atoms with Gasteiger partial charge in [-0.1, -0.05) is 0 Å². The molecule has 1 atom stereocenters. The molecule has 0 aromatic heterocycles. The number of nitrogens with one attached hydrogen (secondary N) is 1. The number of hydrogen-bond donors (Lipinski definition) is 1. The van der Waals surface area contributed by atoms with Crippen molar-refractivity contribution in [1.82, 2.24) is 10.2 Å². The zero-order valence-electron chi connectivity index (χ0n) is 7.38. The highest BCUT2D eigenvalue weighted by atomic mass is 16.1. The quantitative estimate of drug-likeness (QED) is 0.623. The van der Waals surface area contributed by atoms with Crippen LogP contribution in [0, 0.1) is 5.92 Å². The Morgan fingerprint density at radius 3 is 3.08 bits per heavy atom. The van der Waals surface area contributed by atoms with Crippen LogP contribution in [-0.4, -0.2) is 43.4 Å². The zero-order chi connectivity index (χ0) is 8.39. The van der Waals surface area contributed by atoms with Crippen molar-refractivity contribution in [2.45, 2.75) is 12.8 Å². The number of rotatable bonds is 2. The predicted molar refractivity (Wildman–Crippen MR) is 47.0 cm³/mol. The van der Waals surface area contributed by atoms with Gasteiger partial charge in [-0.25, -0.2) is 0 Å². The van der Waals surface area contributed by atoms with Crippen LogP contribution in [0.3, 0.4) is 0 Å². The van der Waals surface area contributed by atoms with Gasteiger partial charge in [-0.2, -0.15) is 0 Å². The summed E-state index contributed by atoms with van der Waals surface area (Å²) in [4.78, 5) is 13.3. The highest BCUT2D eigenvalue weighted by molar-refractivity contribution is 5.82. The molecule has 3 nitrogen and oxygen atoms in total. The highest BCUT2D eigenvalue weighted by Gasteiger charge is 2.23. The second kappa shape index (κ2) is 3.54. The summed E-state index contributed by atoms with van der Waals surface area (Å²) in [5, 5.41) is 3.35. The van der Waals surface area contributed by atoms with Crippen molar-refractivity contribution in [1.29, 1.82) is 0 Å². The fourth-order valence-electron chi connectivity index (χ4n) is 2.08. The van der Waals surface area contributed by atoms with E-state index in [0.29, 0.717) is 12.3 Å².